The first-order valence-corrected chi connectivity index (χ1v) is 18.8. The standard InChI is InChI=1S/C54H34/c1-5-17-35(18-6-1)39-29-30-41-46(31-39)48-32-45(36-19-7-2-8-20-36)40-25-13-14-26-42(40)54(48)49-34-51-50(33-47(41)49)52(37-21-9-3-10-22-37)43-27-15-16-28-44(43)53(51)38-23-11-4-12-24-38/h1-34H. The molecule has 0 amide bonds. The van der Waals surface area contributed by atoms with Gasteiger partial charge in [0.15, 0.2) is 0 Å². The summed E-state index contributed by atoms with van der Waals surface area (Å²) in [4.78, 5) is 0. The van der Waals surface area contributed by atoms with Crippen molar-refractivity contribution in [3.05, 3.63) is 206 Å². The van der Waals surface area contributed by atoms with Gasteiger partial charge in [-0.15, -0.1) is 0 Å². The number of hydrogen-bond donors (Lipinski definition) is 0. The van der Waals surface area contributed by atoms with Crippen LogP contribution in [0.5, 0.6) is 0 Å². The van der Waals surface area contributed by atoms with Crippen LogP contribution in [0.3, 0.4) is 0 Å². The Morgan fingerprint density at radius 2 is 0.611 bits per heavy atom. The van der Waals surface area contributed by atoms with Crippen molar-refractivity contribution in [3.63, 3.8) is 0 Å². The number of hydrogen-bond acceptors (Lipinski definition) is 0. The van der Waals surface area contributed by atoms with Gasteiger partial charge in [0, 0.05) is 0 Å². The summed E-state index contributed by atoms with van der Waals surface area (Å²) in [6.07, 6.45) is 0. The van der Waals surface area contributed by atoms with Crippen molar-refractivity contribution in [2.75, 3.05) is 0 Å². The summed E-state index contributed by atoms with van der Waals surface area (Å²) in [5.74, 6) is 0. The van der Waals surface area contributed by atoms with Gasteiger partial charge in [-0.2, -0.15) is 0 Å². The highest BCUT2D eigenvalue weighted by molar-refractivity contribution is 6.36. The fourth-order valence-electron chi connectivity index (χ4n) is 9.03. The number of benzene rings is 11. The van der Waals surface area contributed by atoms with Crippen molar-refractivity contribution >= 4 is 64.6 Å². The van der Waals surface area contributed by atoms with E-state index >= 15 is 0 Å². The summed E-state index contributed by atoms with van der Waals surface area (Å²) in [6, 6.07) is 76.1. The van der Waals surface area contributed by atoms with Gasteiger partial charge in [-0.3, -0.25) is 0 Å². The average molecular weight is 683 g/mol. The zero-order valence-corrected chi connectivity index (χ0v) is 29.6. The minimum atomic E-state index is 1.22. The minimum absolute atomic E-state index is 1.22. The molecule has 0 spiro atoms. The Morgan fingerprint density at radius 1 is 0.185 bits per heavy atom. The Bertz CT molecular complexity index is 3220. The van der Waals surface area contributed by atoms with E-state index in [4.69, 9.17) is 0 Å². The molecule has 0 nitrogen and oxygen atoms in total. The topological polar surface area (TPSA) is 0 Å². The first-order valence-electron chi connectivity index (χ1n) is 18.8. The molecular formula is C54H34. The van der Waals surface area contributed by atoms with E-state index in [1.165, 1.54) is 109 Å². The molecular weight excluding hydrogens is 649 g/mol. The van der Waals surface area contributed by atoms with Crippen molar-refractivity contribution in [3.8, 4) is 44.5 Å². The van der Waals surface area contributed by atoms with Crippen LogP contribution in [-0.2, 0) is 0 Å². The molecule has 0 fully saturated rings. The molecule has 0 aliphatic carbocycles. The highest BCUT2D eigenvalue weighted by Crippen LogP contribution is 2.49. The van der Waals surface area contributed by atoms with Crippen LogP contribution in [0.2, 0.25) is 0 Å². The maximum atomic E-state index is 2.52. The molecule has 0 saturated heterocycles. The molecule has 0 unspecified atom stereocenters. The molecule has 250 valence electrons. The largest absolute Gasteiger partial charge is 0.0622 e. The lowest BCUT2D eigenvalue weighted by atomic mass is 9.82. The van der Waals surface area contributed by atoms with E-state index in [2.05, 4.69) is 206 Å². The van der Waals surface area contributed by atoms with Gasteiger partial charge in [-0.1, -0.05) is 182 Å². The molecule has 54 heavy (non-hydrogen) atoms. The predicted molar refractivity (Wildman–Crippen MR) is 233 cm³/mol. The summed E-state index contributed by atoms with van der Waals surface area (Å²) in [6.45, 7) is 0. The molecule has 0 aromatic heterocycles. The van der Waals surface area contributed by atoms with Crippen molar-refractivity contribution in [2.45, 2.75) is 0 Å². The van der Waals surface area contributed by atoms with Crippen molar-refractivity contribution in [2.24, 2.45) is 0 Å². The summed E-state index contributed by atoms with van der Waals surface area (Å²) in [5.41, 5.74) is 9.95. The van der Waals surface area contributed by atoms with Crippen molar-refractivity contribution in [1.82, 2.24) is 0 Å². The van der Waals surface area contributed by atoms with Crippen LogP contribution < -0.4 is 0 Å². The maximum Gasteiger partial charge on any atom is -0.00197 e. The van der Waals surface area contributed by atoms with E-state index in [1.807, 2.05) is 0 Å². The highest BCUT2D eigenvalue weighted by Gasteiger charge is 2.21. The van der Waals surface area contributed by atoms with Gasteiger partial charge in [0.1, 0.15) is 0 Å². The number of fused-ring (bicyclic) bond motifs is 10. The molecule has 0 radical (unpaired) electrons. The smallest absolute Gasteiger partial charge is 0.00197 e. The summed E-state index contributed by atoms with van der Waals surface area (Å²) < 4.78 is 0. The minimum Gasteiger partial charge on any atom is -0.0622 e. The van der Waals surface area contributed by atoms with Gasteiger partial charge >= 0.3 is 0 Å². The van der Waals surface area contributed by atoms with E-state index < -0.39 is 0 Å². The molecule has 11 rings (SSSR count). The van der Waals surface area contributed by atoms with Crippen LogP contribution >= 0.6 is 0 Å². The summed E-state index contributed by atoms with van der Waals surface area (Å²) in [7, 11) is 0. The third kappa shape index (κ3) is 4.71. The van der Waals surface area contributed by atoms with Gasteiger partial charge in [0.2, 0.25) is 0 Å². The van der Waals surface area contributed by atoms with Gasteiger partial charge in [0.25, 0.3) is 0 Å². The van der Waals surface area contributed by atoms with Crippen LogP contribution in [0.15, 0.2) is 206 Å². The SMILES string of the molecule is c1ccc(-c2ccc3c(c2)c2cc(-c4ccccc4)c4ccccc4c2c2cc4c(-c5ccccc5)c5ccccc5c(-c5ccccc5)c4cc32)cc1. The second kappa shape index (κ2) is 12.3. The Balaban J connectivity index is 1.40. The van der Waals surface area contributed by atoms with E-state index in [0.717, 1.165) is 0 Å². The number of rotatable bonds is 4. The zero-order valence-electron chi connectivity index (χ0n) is 29.6. The molecule has 0 bridgehead atoms. The fraction of sp³-hybridized carbons (Fsp3) is 0. The molecule has 11 aromatic rings. The quantitative estimate of drug-likeness (QED) is 0.128. The van der Waals surface area contributed by atoms with Gasteiger partial charge < -0.3 is 0 Å². The van der Waals surface area contributed by atoms with E-state index in [9.17, 15) is 0 Å². The van der Waals surface area contributed by atoms with Crippen LogP contribution in [0.4, 0.5) is 0 Å². The van der Waals surface area contributed by atoms with Crippen LogP contribution in [0.1, 0.15) is 0 Å². The molecule has 11 aromatic carbocycles. The second-order valence-corrected chi connectivity index (χ2v) is 14.4. The lowest BCUT2D eigenvalue weighted by Crippen LogP contribution is -1.93. The average Bonchev–Trinajstić information content (AvgIpc) is 3.25. The van der Waals surface area contributed by atoms with E-state index in [-0.39, 0.29) is 0 Å². The molecule has 0 N–H and O–H groups in total. The third-order valence-corrected chi connectivity index (χ3v) is 11.4. The van der Waals surface area contributed by atoms with Gasteiger partial charge in [-0.05, 0) is 133 Å². The van der Waals surface area contributed by atoms with Crippen LogP contribution in [0.25, 0.3) is 109 Å². The monoisotopic (exact) mass is 682 g/mol. The third-order valence-electron chi connectivity index (χ3n) is 11.4. The van der Waals surface area contributed by atoms with Crippen LogP contribution in [-0.4, -0.2) is 0 Å². The predicted octanol–water partition coefficient (Wildman–Crippen LogP) is 15.3. The molecule has 0 aliphatic rings. The summed E-state index contributed by atoms with van der Waals surface area (Å²) in [5, 5.41) is 15.3. The van der Waals surface area contributed by atoms with Gasteiger partial charge in [-0.25, -0.2) is 0 Å². The molecule has 0 heteroatoms. The van der Waals surface area contributed by atoms with E-state index in [1.54, 1.807) is 0 Å². The lowest BCUT2D eigenvalue weighted by molar-refractivity contribution is 1.65. The Kier molecular flexibility index (Phi) is 6.97. The molecule has 0 aliphatic heterocycles. The van der Waals surface area contributed by atoms with Crippen molar-refractivity contribution < 1.29 is 0 Å². The first-order chi connectivity index (χ1) is 26.8. The molecule has 0 saturated carbocycles. The van der Waals surface area contributed by atoms with E-state index in [0.29, 0.717) is 0 Å². The highest BCUT2D eigenvalue weighted by atomic mass is 14.2. The summed E-state index contributed by atoms with van der Waals surface area (Å²) >= 11 is 0. The molecule has 0 heterocycles. The van der Waals surface area contributed by atoms with Crippen LogP contribution in [0, 0.1) is 0 Å². The Morgan fingerprint density at radius 3 is 1.19 bits per heavy atom. The van der Waals surface area contributed by atoms with Crippen molar-refractivity contribution in [1.29, 1.82) is 0 Å². The first kappa shape index (κ1) is 30.6. The second-order valence-electron chi connectivity index (χ2n) is 14.4. The Labute approximate surface area is 314 Å². The maximum absolute atomic E-state index is 2.52. The normalized spacial score (nSPS) is 11.7. The lowest BCUT2D eigenvalue weighted by Gasteiger charge is -2.21. The van der Waals surface area contributed by atoms with Gasteiger partial charge in [0.05, 0.1) is 0 Å². The Hall–Kier alpha value is -7.02. The molecule has 0 atom stereocenters. The zero-order chi connectivity index (χ0) is 35.6. The fourth-order valence-corrected chi connectivity index (χ4v) is 9.03.